The highest BCUT2D eigenvalue weighted by Crippen LogP contribution is 2.34. The summed E-state index contributed by atoms with van der Waals surface area (Å²) >= 11 is 1.33. The molecule has 2 nitrogen and oxygen atoms in total. The number of anilines is 1. The van der Waals surface area contributed by atoms with E-state index in [0.717, 1.165) is 11.6 Å². The number of hydrogen-bond acceptors (Lipinski definition) is 3. The molecule has 0 fully saturated rings. The molecule has 3 aromatic rings. The summed E-state index contributed by atoms with van der Waals surface area (Å²) in [6.45, 7) is 0. The van der Waals surface area contributed by atoms with Crippen molar-refractivity contribution >= 4 is 17.0 Å². The van der Waals surface area contributed by atoms with Crippen molar-refractivity contribution in [3.8, 4) is 11.3 Å². The Kier molecular flexibility index (Phi) is 4.09. The fourth-order valence-electron chi connectivity index (χ4n) is 2.36. The van der Waals surface area contributed by atoms with E-state index in [4.69, 9.17) is 5.73 Å². The lowest BCUT2D eigenvalue weighted by Crippen LogP contribution is -2.09. The number of thiazole rings is 1. The molecule has 0 saturated heterocycles. The van der Waals surface area contributed by atoms with Crippen LogP contribution >= 0.6 is 11.3 Å². The molecule has 6 heteroatoms. The van der Waals surface area contributed by atoms with Crippen LogP contribution in [0.1, 0.15) is 16.1 Å². The van der Waals surface area contributed by atoms with Crippen molar-refractivity contribution in [2.24, 2.45) is 0 Å². The Bertz CT molecular complexity index is 824. The van der Waals surface area contributed by atoms with E-state index in [1.165, 1.54) is 23.5 Å². The van der Waals surface area contributed by atoms with Gasteiger partial charge in [0.05, 0.1) is 16.3 Å². The standard InChI is InChI=1S/C17H13F3N2S/c18-17(19,20)13-7-3-1-5-11(13)9-16-22-15(10-23-16)12-6-2-4-8-14(12)21/h1-8,10H,9,21H2. The largest absolute Gasteiger partial charge is 0.416 e. The summed E-state index contributed by atoms with van der Waals surface area (Å²) in [5.74, 6) is 0. The average molecular weight is 334 g/mol. The molecule has 1 heterocycles. The molecule has 0 saturated carbocycles. The van der Waals surface area contributed by atoms with Crippen LogP contribution < -0.4 is 5.73 Å². The number of alkyl halides is 3. The molecular weight excluding hydrogens is 321 g/mol. The first kappa shape index (κ1) is 15.6. The van der Waals surface area contributed by atoms with Crippen molar-refractivity contribution < 1.29 is 13.2 Å². The molecule has 0 unspecified atom stereocenters. The van der Waals surface area contributed by atoms with Gasteiger partial charge in [-0.3, -0.25) is 0 Å². The molecule has 0 aliphatic rings. The lowest BCUT2D eigenvalue weighted by molar-refractivity contribution is -0.138. The number of para-hydroxylation sites is 1. The summed E-state index contributed by atoms with van der Waals surface area (Å²) in [4.78, 5) is 4.43. The molecule has 2 aromatic carbocycles. The number of benzene rings is 2. The number of nitrogens with zero attached hydrogens (tertiary/aromatic N) is 1. The zero-order valence-electron chi connectivity index (χ0n) is 12.0. The van der Waals surface area contributed by atoms with Crippen molar-refractivity contribution in [1.82, 2.24) is 4.98 Å². The van der Waals surface area contributed by atoms with Crippen molar-refractivity contribution in [1.29, 1.82) is 0 Å². The van der Waals surface area contributed by atoms with Gasteiger partial charge in [-0.2, -0.15) is 13.2 Å². The number of hydrogen-bond donors (Lipinski definition) is 1. The van der Waals surface area contributed by atoms with E-state index < -0.39 is 11.7 Å². The summed E-state index contributed by atoms with van der Waals surface area (Å²) in [7, 11) is 0. The van der Waals surface area contributed by atoms with E-state index in [1.807, 2.05) is 23.6 Å². The molecule has 118 valence electrons. The maximum absolute atomic E-state index is 13.0. The predicted octanol–water partition coefficient (Wildman–Crippen LogP) is 5.00. The quantitative estimate of drug-likeness (QED) is 0.685. The van der Waals surface area contributed by atoms with Gasteiger partial charge in [0.25, 0.3) is 0 Å². The summed E-state index contributed by atoms with van der Waals surface area (Å²) in [5, 5.41) is 2.44. The van der Waals surface area contributed by atoms with Gasteiger partial charge in [0, 0.05) is 23.1 Å². The maximum Gasteiger partial charge on any atom is 0.416 e. The Labute approximate surface area is 135 Å². The lowest BCUT2D eigenvalue weighted by atomic mass is 10.0. The average Bonchev–Trinajstić information content (AvgIpc) is 2.95. The van der Waals surface area contributed by atoms with Gasteiger partial charge in [-0.15, -0.1) is 11.3 Å². The second kappa shape index (κ2) is 6.04. The third kappa shape index (κ3) is 3.37. The molecule has 0 atom stereocenters. The van der Waals surface area contributed by atoms with Gasteiger partial charge in [-0.25, -0.2) is 4.98 Å². The molecule has 0 bridgehead atoms. The van der Waals surface area contributed by atoms with Gasteiger partial charge in [0.2, 0.25) is 0 Å². The van der Waals surface area contributed by atoms with Gasteiger partial charge < -0.3 is 5.73 Å². The minimum Gasteiger partial charge on any atom is -0.398 e. The highest BCUT2D eigenvalue weighted by Gasteiger charge is 2.32. The normalized spacial score (nSPS) is 11.6. The van der Waals surface area contributed by atoms with Crippen LogP contribution in [0.25, 0.3) is 11.3 Å². The molecule has 23 heavy (non-hydrogen) atoms. The Balaban J connectivity index is 1.90. The molecule has 0 spiro atoms. The second-order valence-corrected chi connectivity index (χ2v) is 5.99. The minimum atomic E-state index is -4.36. The summed E-state index contributed by atoms with van der Waals surface area (Å²) < 4.78 is 39.1. The third-order valence-electron chi connectivity index (χ3n) is 3.45. The number of nitrogens with two attached hydrogens (primary N) is 1. The van der Waals surface area contributed by atoms with Crippen molar-refractivity contribution in [2.75, 3.05) is 5.73 Å². The first-order valence-electron chi connectivity index (χ1n) is 6.89. The van der Waals surface area contributed by atoms with E-state index in [1.54, 1.807) is 12.1 Å². The summed E-state index contributed by atoms with van der Waals surface area (Å²) in [5.41, 5.74) is 7.60. The minimum absolute atomic E-state index is 0.146. The molecule has 3 rings (SSSR count). The number of aromatic nitrogens is 1. The van der Waals surface area contributed by atoms with Gasteiger partial charge in [-0.1, -0.05) is 36.4 Å². The fraction of sp³-hybridized carbons (Fsp3) is 0.118. The maximum atomic E-state index is 13.0. The second-order valence-electron chi connectivity index (χ2n) is 5.05. The Morgan fingerprint density at radius 1 is 1.00 bits per heavy atom. The lowest BCUT2D eigenvalue weighted by Gasteiger charge is -2.11. The SMILES string of the molecule is Nc1ccccc1-c1csc(Cc2ccccc2C(F)(F)F)n1. The number of halogens is 3. The van der Waals surface area contributed by atoms with Crippen LogP contribution in [0.15, 0.2) is 53.9 Å². The van der Waals surface area contributed by atoms with Crippen molar-refractivity contribution in [3.05, 3.63) is 70.0 Å². The Hall–Kier alpha value is -2.34. The Morgan fingerprint density at radius 2 is 1.70 bits per heavy atom. The molecule has 0 aliphatic carbocycles. The molecule has 0 radical (unpaired) electrons. The van der Waals surface area contributed by atoms with Crippen LogP contribution in [0.2, 0.25) is 0 Å². The monoisotopic (exact) mass is 334 g/mol. The van der Waals surface area contributed by atoms with Crippen LogP contribution in [0.3, 0.4) is 0 Å². The van der Waals surface area contributed by atoms with Gasteiger partial charge in [0.15, 0.2) is 0 Å². The number of rotatable bonds is 3. The van der Waals surface area contributed by atoms with E-state index in [2.05, 4.69) is 4.98 Å². The first-order valence-corrected chi connectivity index (χ1v) is 7.77. The summed E-state index contributed by atoms with van der Waals surface area (Å²) in [6, 6.07) is 12.9. The zero-order chi connectivity index (χ0) is 16.4. The van der Waals surface area contributed by atoms with E-state index in [9.17, 15) is 13.2 Å². The zero-order valence-corrected chi connectivity index (χ0v) is 12.8. The topological polar surface area (TPSA) is 38.9 Å². The smallest absolute Gasteiger partial charge is 0.398 e. The number of nitrogen functional groups attached to an aromatic ring is 1. The molecule has 0 amide bonds. The molecule has 2 N–H and O–H groups in total. The van der Waals surface area contributed by atoms with E-state index in [-0.39, 0.29) is 12.0 Å². The Morgan fingerprint density at radius 3 is 2.43 bits per heavy atom. The van der Waals surface area contributed by atoms with Crippen LogP contribution in [-0.4, -0.2) is 4.98 Å². The molecule has 1 aromatic heterocycles. The van der Waals surface area contributed by atoms with Crippen LogP contribution in [0.5, 0.6) is 0 Å². The van der Waals surface area contributed by atoms with Crippen LogP contribution in [-0.2, 0) is 12.6 Å². The fourth-order valence-corrected chi connectivity index (χ4v) is 3.18. The summed E-state index contributed by atoms with van der Waals surface area (Å²) in [6.07, 6.45) is -4.21. The third-order valence-corrected chi connectivity index (χ3v) is 4.30. The predicted molar refractivity (Wildman–Crippen MR) is 86.2 cm³/mol. The van der Waals surface area contributed by atoms with Gasteiger partial charge in [-0.05, 0) is 17.7 Å². The van der Waals surface area contributed by atoms with Crippen molar-refractivity contribution in [2.45, 2.75) is 12.6 Å². The highest BCUT2D eigenvalue weighted by molar-refractivity contribution is 7.10. The van der Waals surface area contributed by atoms with Gasteiger partial charge >= 0.3 is 6.18 Å². The first-order chi connectivity index (χ1) is 10.9. The van der Waals surface area contributed by atoms with E-state index in [0.29, 0.717) is 16.4 Å². The molecule has 0 aliphatic heterocycles. The molecular formula is C17H13F3N2S. The van der Waals surface area contributed by atoms with Crippen molar-refractivity contribution in [3.63, 3.8) is 0 Å². The van der Waals surface area contributed by atoms with Gasteiger partial charge in [0.1, 0.15) is 0 Å². The van der Waals surface area contributed by atoms with E-state index >= 15 is 0 Å². The highest BCUT2D eigenvalue weighted by atomic mass is 32.1. The van der Waals surface area contributed by atoms with Crippen LogP contribution in [0, 0.1) is 0 Å². The van der Waals surface area contributed by atoms with Crippen LogP contribution in [0.4, 0.5) is 18.9 Å².